The molecule has 0 spiro atoms. The zero-order valence-corrected chi connectivity index (χ0v) is 14.0. The second kappa shape index (κ2) is 6.99. The topological polar surface area (TPSA) is 52.0 Å². The van der Waals surface area contributed by atoms with E-state index in [-0.39, 0.29) is 12.7 Å². The summed E-state index contributed by atoms with van der Waals surface area (Å²) in [6.07, 6.45) is 3.25. The molecule has 0 aliphatic carbocycles. The van der Waals surface area contributed by atoms with Gasteiger partial charge in [0.1, 0.15) is 0 Å². The average Bonchev–Trinajstić information content (AvgIpc) is 3.11. The number of carbonyl (C=O) groups is 1. The predicted molar refractivity (Wildman–Crippen MR) is 95.8 cm³/mol. The lowest BCUT2D eigenvalue weighted by Gasteiger charge is -2.23. The number of ether oxygens (including phenoxy) is 2. The molecule has 1 amide bonds. The Balaban J connectivity index is 1.32. The van der Waals surface area contributed by atoms with Gasteiger partial charge in [0.05, 0.1) is 13.1 Å². The van der Waals surface area contributed by atoms with Crippen molar-refractivity contribution in [1.29, 1.82) is 0 Å². The summed E-state index contributed by atoms with van der Waals surface area (Å²) in [5.74, 6) is 1.42. The van der Waals surface area contributed by atoms with E-state index in [0.29, 0.717) is 12.3 Å². The Bertz CT molecular complexity index is 802. The van der Waals surface area contributed by atoms with Crippen molar-refractivity contribution >= 4 is 17.2 Å². The van der Waals surface area contributed by atoms with Crippen molar-refractivity contribution in [3.05, 3.63) is 60.2 Å². The van der Waals surface area contributed by atoms with E-state index in [1.807, 2.05) is 18.2 Å². The molecule has 4 rings (SSSR count). The van der Waals surface area contributed by atoms with Gasteiger partial charge in [-0.1, -0.05) is 30.3 Å². The molecule has 1 atom stereocenters. The van der Waals surface area contributed by atoms with E-state index >= 15 is 0 Å². The fourth-order valence-electron chi connectivity index (χ4n) is 3.26. The zero-order valence-electron chi connectivity index (χ0n) is 14.0. The van der Waals surface area contributed by atoms with Crippen LogP contribution in [-0.4, -0.2) is 32.3 Å². The number of rotatable bonds is 4. The summed E-state index contributed by atoms with van der Waals surface area (Å²) < 4.78 is 10.6. The van der Waals surface area contributed by atoms with Crippen LogP contribution in [0.15, 0.2) is 54.6 Å². The van der Waals surface area contributed by atoms with Crippen LogP contribution in [0.1, 0.15) is 12.0 Å². The Morgan fingerprint density at radius 1 is 1.08 bits per heavy atom. The summed E-state index contributed by atoms with van der Waals surface area (Å²) in [4.78, 5) is 13.6. The maximum absolute atomic E-state index is 12.3. The molecular weight excluding hydrogens is 316 g/mol. The first-order chi connectivity index (χ1) is 12.3. The monoisotopic (exact) mass is 337 g/mol. The van der Waals surface area contributed by atoms with Gasteiger partial charge < -0.3 is 19.7 Å². The van der Waals surface area contributed by atoms with Crippen molar-refractivity contribution in [3.63, 3.8) is 0 Å². The molecule has 2 aliphatic rings. The Kier molecular flexibility index (Phi) is 4.39. The predicted octanol–water partition coefficient (Wildman–Crippen LogP) is 1.73. The van der Waals surface area contributed by atoms with Gasteiger partial charge in [0.15, 0.2) is 18.0 Å². The van der Waals surface area contributed by atoms with Crippen molar-refractivity contribution in [1.82, 2.24) is 0 Å². The minimum Gasteiger partial charge on any atom is -0.454 e. The molecule has 0 fully saturated rings. The Morgan fingerprint density at radius 3 is 2.72 bits per heavy atom. The van der Waals surface area contributed by atoms with E-state index in [9.17, 15) is 4.79 Å². The maximum Gasteiger partial charge on any atom is 0.279 e. The lowest BCUT2D eigenvalue weighted by atomic mass is 10.00. The number of hydrogen-bond acceptors (Lipinski definition) is 3. The summed E-state index contributed by atoms with van der Waals surface area (Å²) >= 11 is 0. The first-order valence-electron chi connectivity index (χ1n) is 8.55. The lowest BCUT2D eigenvalue weighted by Crippen LogP contribution is -3.13. The minimum absolute atomic E-state index is 0.0189. The summed E-state index contributed by atoms with van der Waals surface area (Å²) in [6.45, 7) is 2.54. The largest absolute Gasteiger partial charge is 0.454 e. The van der Waals surface area contributed by atoms with Crippen LogP contribution in [0.5, 0.6) is 11.5 Å². The third kappa shape index (κ3) is 3.67. The molecule has 0 aromatic heterocycles. The van der Waals surface area contributed by atoms with Gasteiger partial charge in [-0.2, -0.15) is 0 Å². The smallest absolute Gasteiger partial charge is 0.279 e. The number of carbonyl (C=O) groups excluding carboxylic acids is 1. The van der Waals surface area contributed by atoms with Crippen molar-refractivity contribution in [2.75, 3.05) is 31.7 Å². The van der Waals surface area contributed by atoms with Crippen LogP contribution in [-0.2, 0) is 4.79 Å². The molecule has 0 saturated carbocycles. The van der Waals surface area contributed by atoms with Crippen molar-refractivity contribution in [3.8, 4) is 11.5 Å². The number of hydrogen-bond donors (Lipinski definition) is 2. The van der Waals surface area contributed by atoms with Gasteiger partial charge in [0.2, 0.25) is 6.79 Å². The van der Waals surface area contributed by atoms with E-state index < -0.39 is 0 Å². The number of nitrogens with one attached hydrogen (secondary N) is 2. The molecule has 1 unspecified atom stereocenters. The second-order valence-electron chi connectivity index (χ2n) is 6.34. The van der Waals surface area contributed by atoms with Gasteiger partial charge in [-0.05, 0) is 29.3 Å². The quantitative estimate of drug-likeness (QED) is 0.893. The normalized spacial score (nSPS) is 18.6. The van der Waals surface area contributed by atoms with E-state index in [0.717, 1.165) is 30.9 Å². The summed E-state index contributed by atoms with van der Waals surface area (Å²) in [7, 11) is 0. The summed E-state index contributed by atoms with van der Waals surface area (Å²) in [6, 6.07) is 15.9. The number of fused-ring (bicyclic) bond motifs is 1. The van der Waals surface area contributed by atoms with Gasteiger partial charge in [0, 0.05) is 18.2 Å². The van der Waals surface area contributed by atoms with Crippen molar-refractivity contribution < 1.29 is 19.2 Å². The average molecular weight is 337 g/mol. The van der Waals surface area contributed by atoms with Crippen LogP contribution in [0.2, 0.25) is 0 Å². The van der Waals surface area contributed by atoms with Gasteiger partial charge in [-0.3, -0.25) is 4.79 Å². The van der Waals surface area contributed by atoms with E-state index in [4.69, 9.17) is 9.47 Å². The molecule has 0 bridgehead atoms. The fourth-order valence-corrected chi connectivity index (χ4v) is 3.26. The highest BCUT2D eigenvalue weighted by atomic mass is 16.7. The Hall–Kier alpha value is -2.79. The first-order valence-corrected chi connectivity index (χ1v) is 8.55. The van der Waals surface area contributed by atoms with Gasteiger partial charge in [-0.15, -0.1) is 0 Å². The van der Waals surface area contributed by atoms with Crippen LogP contribution in [0, 0.1) is 0 Å². The van der Waals surface area contributed by atoms with Crippen molar-refractivity contribution in [2.45, 2.75) is 6.42 Å². The standard InChI is InChI=1S/C20H20N2O3/c23-20(21-17-6-7-18-19(12-17)25-14-24-18)13-22-10-8-16(9-11-22)15-4-2-1-3-5-15/h1-8,12H,9-11,13-14H2,(H,21,23)/p+1. The first kappa shape index (κ1) is 15.7. The van der Waals surface area contributed by atoms with Crippen molar-refractivity contribution in [2.24, 2.45) is 0 Å². The molecule has 0 radical (unpaired) electrons. The third-order valence-electron chi connectivity index (χ3n) is 4.60. The van der Waals surface area contributed by atoms with Gasteiger partial charge >= 0.3 is 0 Å². The van der Waals surface area contributed by atoms with Crippen LogP contribution in [0.25, 0.3) is 5.57 Å². The van der Waals surface area contributed by atoms with Crippen LogP contribution in [0.4, 0.5) is 5.69 Å². The third-order valence-corrected chi connectivity index (χ3v) is 4.60. The summed E-state index contributed by atoms with van der Waals surface area (Å²) in [5, 5.41) is 2.95. The van der Waals surface area contributed by atoms with E-state index in [1.54, 1.807) is 6.07 Å². The molecule has 2 heterocycles. The lowest BCUT2D eigenvalue weighted by molar-refractivity contribution is -0.886. The minimum atomic E-state index is 0.0189. The van der Waals surface area contributed by atoms with Crippen LogP contribution in [0.3, 0.4) is 0 Å². The molecule has 2 N–H and O–H groups in total. The maximum atomic E-state index is 12.3. The number of benzene rings is 2. The molecular formula is C20H21N2O3+. The highest BCUT2D eigenvalue weighted by Gasteiger charge is 2.20. The highest BCUT2D eigenvalue weighted by Crippen LogP contribution is 2.34. The van der Waals surface area contributed by atoms with E-state index in [1.165, 1.54) is 16.0 Å². The summed E-state index contributed by atoms with van der Waals surface area (Å²) in [5.41, 5.74) is 3.40. The molecule has 2 aliphatic heterocycles. The fraction of sp³-hybridized carbons (Fsp3) is 0.250. The molecule has 5 heteroatoms. The molecule has 0 saturated heterocycles. The molecule has 2 aromatic carbocycles. The second-order valence-corrected chi connectivity index (χ2v) is 6.34. The molecule has 2 aromatic rings. The molecule has 128 valence electrons. The molecule has 25 heavy (non-hydrogen) atoms. The SMILES string of the molecule is O=C(C[NH+]1CC=C(c2ccccc2)CC1)Nc1ccc2c(c1)OCO2. The van der Waals surface area contributed by atoms with E-state index in [2.05, 4.69) is 35.7 Å². The van der Waals surface area contributed by atoms with Crippen LogP contribution >= 0.6 is 0 Å². The zero-order chi connectivity index (χ0) is 17.1. The Labute approximate surface area is 146 Å². The molecule has 5 nitrogen and oxygen atoms in total. The van der Waals surface area contributed by atoms with Gasteiger partial charge in [-0.25, -0.2) is 0 Å². The van der Waals surface area contributed by atoms with Crippen LogP contribution < -0.4 is 19.7 Å². The number of anilines is 1. The number of amides is 1. The number of quaternary nitrogens is 1. The Morgan fingerprint density at radius 2 is 1.92 bits per heavy atom. The van der Waals surface area contributed by atoms with Gasteiger partial charge in [0.25, 0.3) is 5.91 Å². The highest BCUT2D eigenvalue weighted by molar-refractivity contribution is 5.91.